The third-order valence-electron chi connectivity index (χ3n) is 3.53. The minimum absolute atomic E-state index is 0.0797. The molecule has 21 heavy (non-hydrogen) atoms. The lowest BCUT2D eigenvalue weighted by Crippen LogP contribution is -2.23. The Hall–Kier alpha value is -0.780. The summed E-state index contributed by atoms with van der Waals surface area (Å²) < 4.78 is 28.9. The SMILES string of the molecule is CN1CCCC(Nc2cc(Cl)c(OC(F)F)c(Cl)c2)CC1. The van der Waals surface area contributed by atoms with Gasteiger partial charge in [-0.1, -0.05) is 23.2 Å². The van der Waals surface area contributed by atoms with Crippen molar-refractivity contribution in [3.05, 3.63) is 22.2 Å². The van der Waals surface area contributed by atoms with Crippen molar-refractivity contribution < 1.29 is 13.5 Å². The normalized spacial score (nSPS) is 20.4. The fourth-order valence-electron chi connectivity index (χ4n) is 2.46. The number of ether oxygens (including phenoxy) is 1. The number of anilines is 1. The molecule has 1 saturated heterocycles. The minimum atomic E-state index is -2.95. The first kappa shape index (κ1) is 16.6. The summed E-state index contributed by atoms with van der Waals surface area (Å²) in [4.78, 5) is 2.29. The van der Waals surface area contributed by atoms with Gasteiger partial charge in [0, 0.05) is 11.7 Å². The number of alkyl halides is 2. The highest BCUT2D eigenvalue weighted by molar-refractivity contribution is 6.37. The third kappa shape index (κ3) is 4.87. The molecular formula is C14H18Cl2F2N2O. The predicted octanol–water partition coefficient (Wildman–Crippen LogP) is 4.49. The fraction of sp³-hybridized carbons (Fsp3) is 0.571. The largest absolute Gasteiger partial charge is 0.432 e. The molecule has 1 fully saturated rings. The van der Waals surface area contributed by atoms with E-state index in [1.54, 1.807) is 12.1 Å². The molecule has 0 radical (unpaired) electrons. The molecule has 1 aliphatic heterocycles. The summed E-state index contributed by atoms with van der Waals surface area (Å²) in [7, 11) is 2.10. The van der Waals surface area contributed by atoms with Crippen molar-refractivity contribution in [3.63, 3.8) is 0 Å². The molecule has 2 rings (SSSR count). The lowest BCUT2D eigenvalue weighted by atomic mass is 10.1. The third-order valence-corrected chi connectivity index (χ3v) is 4.09. The smallest absolute Gasteiger partial charge is 0.387 e. The van der Waals surface area contributed by atoms with Crippen LogP contribution in [0.5, 0.6) is 5.75 Å². The monoisotopic (exact) mass is 338 g/mol. The topological polar surface area (TPSA) is 24.5 Å². The van der Waals surface area contributed by atoms with Gasteiger partial charge in [-0.3, -0.25) is 0 Å². The van der Waals surface area contributed by atoms with Crippen LogP contribution in [0.25, 0.3) is 0 Å². The molecule has 1 aromatic carbocycles. The van der Waals surface area contributed by atoms with E-state index in [1.807, 2.05) is 0 Å². The van der Waals surface area contributed by atoms with Crippen LogP contribution in [0.3, 0.4) is 0 Å². The number of hydrogen-bond acceptors (Lipinski definition) is 3. The van der Waals surface area contributed by atoms with Crippen molar-refractivity contribution in [3.8, 4) is 5.75 Å². The van der Waals surface area contributed by atoms with Gasteiger partial charge in [0.1, 0.15) is 0 Å². The van der Waals surface area contributed by atoms with Gasteiger partial charge in [-0.2, -0.15) is 8.78 Å². The molecule has 3 nitrogen and oxygen atoms in total. The number of likely N-dealkylation sites (tertiary alicyclic amines) is 1. The number of nitrogens with one attached hydrogen (secondary N) is 1. The van der Waals surface area contributed by atoms with Crippen molar-refractivity contribution in [2.75, 3.05) is 25.5 Å². The van der Waals surface area contributed by atoms with Crippen molar-refractivity contribution in [1.82, 2.24) is 4.90 Å². The highest BCUT2D eigenvalue weighted by atomic mass is 35.5. The summed E-state index contributed by atoms with van der Waals surface area (Å²) in [5.41, 5.74) is 0.723. The first-order valence-corrected chi connectivity index (χ1v) is 7.60. The maximum Gasteiger partial charge on any atom is 0.387 e. The first-order chi connectivity index (χ1) is 9.95. The molecule has 1 atom stereocenters. The average Bonchev–Trinajstić information content (AvgIpc) is 2.59. The summed E-state index contributed by atoms with van der Waals surface area (Å²) in [6.45, 7) is -0.844. The highest BCUT2D eigenvalue weighted by Gasteiger charge is 2.18. The average molecular weight is 339 g/mol. The predicted molar refractivity (Wildman–Crippen MR) is 81.9 cm³/mol. The molecule has 1 aromatic rings. The molecule has 0 amide bonds. The van der Waals surface area contributed by atoms with Gasteiger partial charge in [-0.05, 0) is 51.5 Å². The van der Waals surface area contributed by atoms with Crippen LogP contribution < -0.4 is 10.1 Å². The molecule has 1 unspecified atom stereocenters. The van der Waals surface area contributed by atoms with Crippen molar-refractivity contribution in [1.29, 1.82) is 0 Å². The van der Waals surface area contributed by atoms with Crippen LogP contribution in [0.1, 0.15) is 19.3 Å². The Bertz CT molecular complexity index is 465. The fourth-order valence-corrected chi connectivity index (χ4v) is 3.04. The van der Waals surface area contributed by atoms with Gasteiger partial charge >= 0.3 is 6.61 Å². The summed E-state index contributed by atoms with van der Waals surface area (Å²) in [5, 5.41) is 3.52. The second-order valence-corrected chi connectivity index (χ2v) is 6.04. The van der Waals surface area contributed by atoms with Gasteiger partial charge in [-0.15, -0.1) is 0 Å². The molecule has 0 aromatic heterocycles. The molecule has 0 bridgehead atoms. The maximum absolute atomic E-state index is 12.3. The van der Waals surface area contributed by atoms with Crippen molar-refractivity contribution in [2.45, 2.75) is 31.9 Å². The molecule has 1 heterocycles. The van der Waals surface area contributed by atoms with E-state index in [1.165, 1.54) is 0 Å². The quantitative estimate of drug-likeness (QED) is 0.875. The van der Waals surface area contributed by atoms with Gasteiger partial charge in [-0.25, -0.2) is 0 Å². The molecule has 0 saturated carbocycles. The molecule has 0 aliphatic carbocycles. The van der Waals surface area contributed by atoms with Gasteiger partial charge in [0.15, 0.2) is 5.75 Å². The zero-order valence-corrected chi connectivity index (χ0v) is 13.2. The molecule has 7 heteroatoms. The second-order valence-electron chi connectivity index (χ2n) is 5.22. The molecule has 0 spiro atoms. The zero-order valence-electron chi connectivity index (χ0n) is 11.7. The van der Waals surface area contributed by atoms with Gasteiger partial charge < -0.3 is 15.0 Å². The number of halogens is 4. The van der Waals surface area contributed by atoms with E-state index in [9.17, 15) is 8.78 Å². The number of rotatable bonds is 4. The minimum Gasteiger partial charge on any atom is -0.432 e. The second kappa shape index (κ2) is 7.47. The number of benzene rings is 1. The van der Waals surface area contributed by atoms with E-state index in [-0.39, 0.29) is 15.8 Å². The van der Waals surface area contributed by atoms with Gasteiger partial charge in [0.25, 0.3) is 0 Å². The van der Waals surface area contributed by atoms with E-state index in [4.69, 9.17) is 23.2 Å². The Labute approximate surface area is 133 Å². The maximum atomic E-state index is 12.3. The Kier molecular flexibility index (Phi) is 5.90. The van der Waals surface area contributed by atoms with Crippen LogP contribution in [0.2, 0.25) is 10.0 Å². The number of nitrogens with zero attached hydrogens (tertiary/aromatic N) is 1. The summed E-state index contributed by atoms with van der Waals surface area (Å²) in [6.07, 6.45) is 3.18. The Morgan fingerprint density at radius 2 is 1.90 bits per heavy atom. The van der Waals surface area contributed by atoms with Crippen LogP contribution in [-0.2, 0) is 0 Å². The summed E-state index contributed by atoms with van der Waals surface area (Å²) in [6, 6.07) is 3.46. The lowest BCUT2D eigenvalue weighted by molar-refractivity contribution is -0.0497. The van der Waals surface area contributed by atoms with E-state index < -0.39 is 6.61 Å². The molecular weight excluding hydrogens is 321 g/mol. The lowest BCUT2D eigenvalue weighted by Gasteiger charge is -2.19. The van der Waals surface area contributed by atoms with Crippen LogP contribution >= 0.6 is 23.2 Å². The Balaban J connectivity index is 2.07. The van der Waals surface area contributed by atoms with Crippen LogP contribution in [0.4, 0.5) is 14.5 Å². The van der Waals surface area contributed by atoms with E-state index in [0.717, 1.165) is 38.0 Å². The van der Waals surface area contributed by atoms with Crippen LogP contribution in [-0.4, -0.2) is 37.7 Å². The van der Waals surface area contributed by atoms with E-state index in [2.05, 4.69) is 22.0 Å². The highest BCUT2D eigenvalue weighted by Crippen LogP contribution is 2.37. The standard InChI is InChI=1S/C14H18Cl2F2N2O/c1-20-5-2-3-9(4-6-20)19-10-7-11(15)13(12(16)8-10)21-14(17)18/h7-9,14,19H,2-6H2,1H3. The van der Waals surface area contributed by atoms with Gasteiger partial charge in [0.05, 0.1) is 10.0 Å². The molecule has 1 N–H and O–H groups in total. The molecule has 118 valence electrons. The summed E-state index contributed by atoms with van der Waals surface area (Å²) in [5.74, 6) is -0.181. The first-order valence-electron chi connectivity index (χ1n) is 6.84. The van der Waals surface area contributed by atoms with Gasteiger partial charge in [0.2, 0.25) is 0 Å². The summed E-state index contributed by atoms with van der Waals surface area (Å²) >= 11 is 11.9. The van der Waals surface area contributed by atoms with E-state index in [0.29, 0.717) is 6.04 Å². The Morgan fingerprint density at radius 3 is 2.52 bits per heavy atom. The van der Waals surface area contributed by atoms with Crippen LogP contribution in [0.15, 0.2) is 12.1 Å². The zero-order chi connectivity index (χ0) is 15.4. The number of hydrogen-bond donors (Lipinski definition) is 1. The van der Waals surface area contributed by atoms with Crippen molar-refractivity contribution >= 4 is 28.9 Å². The molecule has 1 aliphatic rings. The Morgan fingerprint density at radius 1 is 1.24 bits per heavy atom. The van der Waals surface area contributed by atoms with E-state index >= 15 is 0 Å². The van der Waals surface area contributed by atoms with Crippen molar-refractivity contribution in [2.24, 2.45) is 0 Å². The van der Waals surface area contributed by atoms with Crippen LogP contribution in [0, 0.1) is 0 Å².